The third-order valence-electron chi connectivity index (χ3n) is 2.64. The molecule has 1 aliphatic rings. The maximum atomic E-state index is 5.81. The smallest absolute Gasteiger partial charge is 0.123 e. The van der Waals surface area contributed by atoms with Crippen molar-refractivity contribution >= 4 is 15.9 Å². The predicted octanol–water partition coefficient (Wildman–Crippen LogP) is 3.34. The second kappa shape index (κ2) is 3.70. The first-order valence-corrected chi connectivity index (χ1v) is 5.80. The molecule has 13 heavy (non-hydrogen) atoms. The van der Waals surface area contributed by atoms with Gasteiger partial charge in [0.1, 0.15) is 11.9 Å². The second-order valence-electron chi connectivity index (χ2n) is 3.36. The normalized spacial score (nSPS) is 25.4. The van der Waals surface area contributed by atoms with Gasteiger partial charge in [-0.1, -0.05) is 41.1 Å². The lowest BCUT2D eigenvalue weighted by molar-refractivity contribution is 0.230. The first-order chi connectivity index (χ1) is 6.36. The lowest BCUT2D eigenvalue weighted by Crippen LogP contribution is -2.19. The highest BCUT2D eigenvalue weighted by molar-refractivity contribution is 9.09. The molecule has 1 aromatic rings. The van der Waals surface area contributed by atoms with Gasteiger partial charge >= 0.3 is 0 Å². The summed E-state index contributed by atoms with van der Waals surface area (Å²) in [5, 5.41) is 0.917. The Hall–Kier alpha value is -0.500. The molecule has 2 rings (SSSR count). The van der Waals surface area contributed by atoms with E-state index in [0.29, 0.717) is 12.0 Å². The summed E-state index contributed by atoms with van der Waals surface area (Å²) in [6.07, 6.45) is 1.47. The average molecular weight is 241 g/mol. The summed E-state index contributed by atoms with van der Waals surface area (Å²) < 4.78 is 5.81. The van der Waals surface area contributed by atoms with Gasteiger partial charge in [0, 0.05) is 16.8 Å². The van der Waals surface area contributed by atoms with Crippen LogP contribution in [0.1, 0.15) is 24.8 Å². The lowest BCUT2D eigenvalue weighted by atomic mass is 9.94. The minimum absolute atomic E-state index is 0.322. The molecule has 0 radical (unpaired) electrons. The number of para-hydroxylation sites is 1. The third-order valence-corrected chi connectivity index (χ3v) is 3.28. The van der Waals surface area contributed by atoms with E-state index in [2.05, 4.69) is 41.1 Å². The largest absolute Gasteiger partial charge is 0.489 e. The van der Waals surface area contributed by atoms with Crippen LogP contribution in [-0.4, -0.2) is 11.4 Å². The van der Waals surface area contributed by atoms with Gasteiger partial charge in [0.15, 0.2) is 0 Å². The van der Waals surface area contributed by atoms with E-state index in [4.69, 9.17) is 4.74 Å². The molecule has 0 unspecified atom stereocenters. The molecule has 0 saturated heterocycles. The van der Waals surface area contributed by atoms with Crippen LogP contribution in [-0.2, 0) is 0 Å². The average Bonchev–Trinajstić information content (AvgIpc) is 2.55. The van der Waals surface area contributed by atoms with Crippen LogP contribution < -0.4 is 4.74 Å². The van der Waals surface area contributed by atoms with E-state index < -0.39 is 0 Å². The van der Waals surface area contributed by atoms with Crippen LogP contribution in [0.3, 0.4) is 0 Å². The van der Waals surface area contributed by atoms with E-state index in [0.717, 1.165) is 17.5 Å². The molecule has 1 aliphatic heterocycles. The van der Waals surface area contributed by atoms with Crippen LogP contribution in [0.2, 0.25) is 0 Å². The summed E-state index contributed by atoms with van der Waals surface area (Å²) in [5.41, 5.74) is 1.37. The molecule has 1 heterocycles. The summed E-state index contributed by atoms with van der Waals surface area (Å²) in [6.45, 7) is 2.21. The van der Waals surface area contributed by atoms with Crippen molar-refractivity contribution in [1.29, 1.82) is 0 Å². The van der Waals surface area contributed by atoms with Gasteiger partial charge in [-0.15, -0.1) is 0 Å². The quantitative estimate of drug-likeness (QED) is 0.721. The fourth-order valence-electron chi connectivity index (χ4n) is 1.96. The maximum Gasteiger partial charge on any atom is 0.123 e. The summed E-state index contributed by atoms with van der Waals surface area (Å²) in [7, 11) is 0. The number of halogens is 1. The van der Waals surface area contributed by atoms with Crippen LogP contribution in [0, 0.1) is 0 Å². The standard InChI is InChI=1S/C11H13BrO/c1-2-8-9-5-3-4-6-10(9)13-11(8)7-12/h3-6,8,11H,2,7H2,1H3/t8-,11-/m0/s1. The molecule has 0 bridgehead atoms. The SMILES string of the molecule is CC[C@H]1c2ccccc2O[C@H]1CBr. The van der Waals surface area contributed by atoms with Gasteiger partial charge in [-0.3, -0.25) is 0 Å². The molecule has 0 saturated carbocycles. The van der Waals surface area contributed by atoms with Crippen LogP contribution in [0.25, 0.3) is 0 Å². The van der Waals surface area contributed by atoms with Crippen molar-refractivity contribution < 1.29 is 4.74 Å². The van der Waals surface area contributed by atoms with Crippen LogP contribution >= 0.6 is 15.9 Å². The number of benzene rings is 1. The van der Waals surface area contributed by atoms with Crippen molar-refractivity contribution in [2.75, 3.05) is 5.33 Å². The summed E-state index contributed by atoms with van der Waals surface area (Å²) in [5.74, 6) is 1.63. The van der Waals surface area contributed by atoms with Crippen molar-refractivity contribution in [3.8, 4) is 5.75 Å². The predicted molar refractivity (Wildman–Crippen MR) is 57.7 cm³/mol. The van der Waals surface area contributed by atoms with Gasteiger partial charge in [-0.05, 0) is 12.5 Å². The van der Waals surface area contributed by atoms with Gasteiger partial charge in [0.05, 0.1) is 0 Å². The summed E-state index contributed by atoms with van der Waals surface area (Å²) in [6, 6.07) is 8.34. The number of hydrogen-bond donors (Lipinski definition) is 0. The molecule has 0 aromatic heterocycles. The molecule has 0 fully saturated rings. The highest BCUT2D eigenvalue weighted by Gasteiger charge is 2.31. The van der Waals surface area contributed by atoms with Gasteiger partial charge < -0.3 is 4.74 Å². The highest BCUT2D eigenvalue weighted by atomic mass is 79.9. The Morgan fingerprint density at radius 2 is 2.15 bits per heavy atom. The van der Waals surface area contributed by atoms with Gasteiger partial charge in [0.2, 0.25) is 0 Å². The van der Waals surface area contributed by atoms with E-state index in [-0.39, 0.29) is 0 Å². The Morgan fingerprint density at radius 1 is 1.38 bits per heavy atom. The Balaban J connectivity index is 2.34. The number of rotatable bonds is 2. The Morgan fingerprint density at radius 3 is 2.85 bits per heavy atom. The van der Waals surface area contributed by atoms with Gasteiger partial charge in [0.25, 0.3) is 0 Å². The maximum absolute atomic E-state index is 5.81. The summed E-state index contributed by atoms with van der Waals surface area (Å²) >= 11 is 3.49. The molecule has 0 N–H and O–H groups in total. The van der Waals surface area contributed by atoms with E-state index in [1.807, 2.05) is 6.07 Å². The molecule has 0 aliphatic carbocycles. The molecule has 0 amide bonds. The van der Waals surface area contributed by atoms with Crippen molar-refractivity contribution in [3.63, 3.8) is 0 Å². The van der Waals surface area contributed by atoms with Crippen molar-refractivity contribution in [2.45, 2.75) is 25.4 Å². The molecule has 2 heteroatoms. The van der Waals surface area contributed by atoms with Crippen molar-refractivity contribution in [3.05, 3.63) is 29.8 Å². The van der Waals surface area contributed by atoms with Crippen LogP contribution in [0.15, 0.2) is 24.3 Å². The fraction of sp³-hybridized carbons (Fsp3) is 0.455. The van der Waals surface area contributed by atoms with Gasteiger partial charge in [-0.2, -0.15) is 0 Å². The molecule has 1 nitrogen and oxygen atoms in total. The minimum Gasteiger partial charge on any atom is -0.489 e. The first kappa shape index (κ1) is 9.07. The zero-order chi connectivity index (χ0) is 9.26. The second-order valence-corrected chi connectivity index (χ2v) is 4.01. The lowest BCUT2D eigenvalue weighted by Gasteiger charge is -2.14. The zero-order valence-electron chi connectivity index (χ0n) is 7.66. The fourth-order valence-corrected chi connectivity index (χ4v) is 2.54. The molecular weight excluding hydrogens is 228 g/mol. The Labute approximate surface area is 87.2 Å². The highest BCUT2D eigenvalue weighted by Crippen LogP contribution is 2.40. The van der Waals surface area contributed by atoms with E-state index in [9.17, 15) is 0 Å². The number of fused-ring (bicyclic) bond motifs is 1. The molecule has 0 spiro atoms. The third kappa shape index (κ3) is 1.48. The number of hydrogen-bond acceptors (Lipinski definition) is 1. The van der Waals surface area contributed by atoms with Crippen LogP contribution in [0.4, 0.5) is 0 Å². The molecule has 70 valence electrons. The first-order valence-electron chi connectivity index (χ1n) is 4.68. The summed E-state index contributed by atoms with van der Waals surface area (Å²) in [4.78, 5) is 0. The minimum atomic E-state index is 0.322. The van der Waals surface area contributed by atoms with E-state index in [1.54, 1.807) is 0 Å². The molecular formula is C11H13BrO. The Kier molecular flexibility index (Phi) is 2.58. The number of ether oxygens (including phenoxy) is 1. The zero-order valence-corrected chi connectivity index (χ0v) is 9.25. The van der Waals surface area contributed by atoms with Gasteiger partial charge in [-0.25, -0.2) is 0 Å². The molecule has 2 atom stereocenters. The molecule has 1 aromatic carbocycles. The van der Waals surface area contributed by atoms with Crippen LogP contribution in [0.5, 0.6) is 5.75 Å². The van der Waals surface area contributed by atoms with Crippen molar-refractivity contribution in [2.24, 2.45) is 0 Å². The van der Waals surface area contributed by atoms with E-state index in [1.165, 1.54) is 5.56 Å². The number of alkyl halides is 1. The van der Waals surface area contributed by atoms with Crippen molar-refractivity contribution in [1.82, 2.24) is 0 Å². The monoisotopic (exact) mass is 240 g/mol. The Bertz CT molecular complexity index is 298. The van der Waals surface area contributed by atoms with E-state index >= 15 is 0 Å². The topological polar surface area (TPSA) is 9.23 Å².